The summed E-state index contributed by atoms with van der Waals surface area (Å²) in [6, 6.07) is 17.6. The molecule has 0 unspecified atom stereocenters. The Morgan fingerprint density at radius 3 is 2.52 bits per heavy atom. The molecule has 1 aromatic heterocycles. The van der Waals surface area contributed by atoms with Gasteiger partial charge in [0.1, 0.15) is 0 Å². The Hall–Kier alpha value is -2.59. The number of carbonyl (C=O) groups excluding carboxylic acids is 1. The molecule has 0 aliphatic rings. The van der Waals surface area contributed by atoms with Crippen molar-refractivity contribution in [3.8, 4) is 11.1 Å². The monoisotopic (exact) mass is 325 g/mol. The van der Waals surface area contributed by atoms with E-state index in [1.54, 1.807) is 10.9 Å². The van der Waals surface area contributed by atoms with E-state index in [0.29, 0.717) is 11.6 Å². The lowest BCUT2D eigenvalue weighted by Gasteiger charge is -2.10. The van der Waals surface area contributed by atoms with Gasteiger partial charge >= 0.3 is 0 Å². The van der Waals surface area contributed by atoms with Gasteiger partial charge in [0.15, 0.2) is 5.69 Å². The molecule has 0 saturated heterocycles. The lowest BCUT2D eigenvalue weighted by molar-refractivity contribution is 0.102. The fraction of sp³-hybridized carbons (Fsp3) is 0.111. The highest BCUT2D eigenvalue weighted by molar-refractivity contribution is 6.34. The van der Waals surface area contributed by atoms with E-state index in [1.165, 1.54) is 0 Å². The van der Waals surface area contributed by atoms with Crippen molar-refractivity contribution in [3.05, 3.63) is 71.5 Å². The molecule has 23 heavy (non-hydrogen) atoms. The second-order valence-corrected chi connectivity index (χ2v) is 5.45. The lowest BCUT2D eigenvalue weighted by atomic mass is 10.0. The van der Waals surface area contributed by atoms with Crippen molar-refractivity contribution < 1.29 is 4.79 Å². The first-order chi connectivity index (χ1) is 11.2. The fourth-order valence-electron chi connectivity index (χ4n) is 2.36. The molecule has 2 aromatic carbocycles. The summed E-state index contributed by atoms with van der Waals surface area (Å²) in [6.45, 7) is 2.60. The van der Waals surface area contributed by atoms with Gasteiger partial charge in [-0.25, -0.2) is 0 Å². The molecule has 3 rings (SSSR count). The van der Waals surface area contributed by atoms with Gasteiger partial charge in [-0.1, -0.05) is 60.1 Å². The Bertz CT molecular complexity index is 827. The number of nitrogens with zero attached hydrogens (tertiary/aromatic N) is 2. The number of aromatic nitrogens is 2. The van der Waals surface area contributed by atoms with Crippen molar-refractivity contribution in [1.29, 1.82) is 0 Å². The summed E-state index contributed by atoms with van der Waals surface area (Å²) >= 11 is 6.10. The molecule has 0 fully saturated rings. The topological polar surface area (TPSA) is 46.9 Å². The number of para-hydroxylation sites is 1. The second kappa shape index (κ2) is 6.67. The first-order valence-corrected chi connectivity index (χ1v) is 7.75. The number of hydrogen-bond donors (Lipinski definition) is 1. The molecule has 5 heteroatoms. The van der Waals surface area contributed by atoms with Gasteiger partial charge in [-0.3, -0.25) is 9.48 Å². The first-order valence-electron chi connectivity index (χ1n) is 7.37. The predicted octanol–water partition coefficient (Wildman–Crippen LogP) is 4.48. The van der Waals surface area contributed by atoms with E-state index in [9.17, 15) is 4.79 Å². The van der Waals surface area contributed by atoms with Crippen LogP contribution in [-0.4, -0.2) is 15.7 Å². The van der Waals surface area contributed by atoms with Crippen LogP contribution >= 0.6 is 11.6 Å². The minimum Gasteiger partial charge on any atom is -0.320 e. The molecule has 0 aliphatic heterocycles. The molecule has 4 nitrogen and oxygen atoms in total. The number of aryl methyl sites for hydroxylation is 1. The van der Waals surface area contributed by atoms with Gasteiger partial charge in [0.2, 0.25) is 0 Å². The van der Waals surface area contributed by atoms with Crippen LogP contribution < -0.4 is 5.32 Å². The molecule has 1 amide bonds. The van der Waals surface area contributed by atoms with E-state index in [2.05, 4.69) is 10.4 Å². The van der Waals surface area contributed by atoms with Crippen LogP contribution in [0.2, 0.25) is 5.02 Å². The summed E-state index contributed by atoms with van der Waals surface area (Å²) < 4.78 is 1.64. The number of halogens is 1. The number of anilines is 1. The molecule has 0 spiro atoms. The number of carbonyl (C=O) groups is 1. The molecule has 116 valence electrons. The Labute approximate surface area is 139 Å². The zero-order valence-corrected chi connectivity index (χ0v) is 13.4. The first kappa shape index (κ1) is 15.3. The standard InChI is InChI=1S/C18H16ClN3O/c1-2-22-12-15(19)17(21-22)18(23)20-16-11-7-6-10-14(16)13-8-4-3-5-9-13/h3-12H,2H2,1H3,(H,20,23). The maximum absolute atomic E-state index is 12.5. The zero-order valence-electron chi connectivity index (χ0n) is 12.7. The third-order valence-electron chi connectivity index (χ3n) is 3.52. The lowest BCUT2D eigenvalue weighted by Crippen LogP contribution is -2.14. The summed E-state index contributed by atoms with van der Waals surface area (Å²) in [5.41, 5.74) is 2.95. The van der Waals surface area contributed by atoms with E-state index >= 15 is 0 Å². The van der Waals surface area contributed by atoms with Crippen molar-refractivity contribution in [2.24, 2.45) is 0 Å². The average Bonchev–Trinajstić information content (AvgIpc) is 2.97. The minimum absolute atomic E-state index is 0.233. The van der Waals surface area contributed by atoms with Gasteiger partial charge in [0.25, 0.3) is 5.91 Å². The van der Waals surface area contributed by atoms with E-state index in [0.717, 1.165) is 16.8 Å². The number of hydrogen-bond acceptors (Lipinski definition) is 2. The van der Waals surface area contributed by atoms with Crippen molar-refractivity contribution in [2.45, 2.75) is 13.5 Å². The van der Waals surface area contributed by atoms with Crippen molar-refractivity contribution in [3.63, 3.8) is 0 Å². The van der Waals surface area contributed by atoms with Crippen LogP contribution in [0.3, 0.4) is 0 Å². The molecule has 3 aromatic rings. The molecule has 0 radical (unpaired) electrons. The maximum atomic E-state index is 12.5. The maximum Gasteiger partial charge on any atom is 0.277 e. The van der Waals surface area contributed by atoms with Crippen LogP contribution in [-0.2, 0) is 6.54 Å². The van der Waals surface area contributed by atoms with Crippen LogP contribution in [0.25, 0.3) is 11.1 Å². The van der Waals surface area contributed by atoms with Gasteiger partial charge in [0, 0.05) is 24.0 Å². The van der Waals surface area contributed by atoms with E-state index in [-0.39, 0.29) is 11.6 Å². The summed E-state index contributed by atoms with van der Waals surface area (Å²) in [4.78, 5) is 12.5. The van der Waals surface area contributed by atoms with Crippen LogP contribution in [0, 0.1) is 0 Å². The fourth-order valence-corrected chi connectivity index (χ4v) is 2.59. The highest BCUT2D eigenvalue weighted by Gasteiger charge is 2.16. The zero-order chi connectivity index (χ0) is 16.2. The number of benzene rings is 2. The van der Waals surface area contributed by atoms with Gasteiger partial charge in [0.05, 0.1) is 5.02 Å². The van der Waals surface area contributed by atoms with Gasteiger partial charge in [-0.2, -0.15) is 5.10 Å². The molecular formula is C18H16ClN3O. The number of nitrogens with one attached hydrogen (secondary N) is 1. The third-order valence-corrected chi connectivity index (χ3v) is 3.79. The largest absolute Gasteiger partial charge is 0.320 e. The Morgan fingerprint density at radius 1 is 1.13 bits per heavy atom. The van der Waals surface area contributed by atoms with Crippen molar-refractivity contribution in [1.82, 2.24) is 9.78 Å². The normalized spacial score (nSPS) is 10.5. The summed E-state index contributed by atoms with van der Waals surface area (Å²) in [5, 5.41) is 7.45. The molecule has 0 bridgehead atoms. The Morgan fingerprint density at radius 2 is 1.83 bits per heavy atom. The van der Waals surface area contributed by atoms with E-state index < -0.39 is 0 Å². The summed E-state index contributed by atoms with van der Waals surface area (Å²) in [7, 11) is 0. The minimum atomic E-state index is -0.314. The smallest absolute Gasteiger partial charge is 0.277 e. The molecule has 0 aliphatic carbocycles. The van der Waals surface area contributed by atoms with Crippen LogP contribution in [0.1, 0.15) is 17.4 Å². The van der Waals surface area contributed by atoms with E-state index in [1.807, 2.05) is 61.5 Å². The highest BCUT2D eigenvalue weighted by Crippen LogP contribution is 2.28. The highest BCUT2D eigenvalue weighted by atomic mass is 35.5. The quantitative estimate of drug-likeness (QED) is 0.769. The second-order valence-electron chi connectivity index (χ2n) is 5.05. The third kappa shape index (κ3) is 3.27. The SMILES string of the molecule is CCn1cc(Cl)c(C(=O)Nc2ccccc2-c2ccccc2)n1. The molecule has 1 heterocycles. The molecule has 1 N–H and O–H groups in total. The molecule has 0 atom stereocenters. The molecular weight excluding hydrogens is 310 g/mol. The average molecular weight is 326 g/mol. The van der Waals surface area contributed by atoms with Gasteiger partial charge in [-0.15, -0.1) is 0 Å². The summed E-state index contributed by atoms with van der Waals surface area (Å²) in [6.07, 6.45) is 1.65. The van der Waals surface area contributed by atoms with Crippen LogP contribution in [0.4, 0.5) is 5.69 Å². The van der Waals surface area contributed by atoms with Crippen LogP contribution in [0.15, 0.2) is 60.8 Å². The van der Waals surface area contributed by atoms with Gasteiger partial charge < -0.3 is 5.32 Å². The van der Waals surface area contributed by atoms with E-state index in [4.69, 9.17) is 11.6 Å². The Balaban J connectivity index is 1.91. The molecule has 0 saturated carbocycles. The van der Waals surface area contributed by atoms with Crippen molar-refractivity contribution >= 4 is 23.2 Å². The van der Waals surface area contributed by atoms with Gasteiger partial charge in [-0.05, 0) is 18.6 Å². The number of amides is 1. The van der Waals surface area contributed by atoms with Crippen LogP contribution in [0.5, 0.6) is 0 Å². The number of rotatable bonds is 4. The van der Waals surface area contributed by atoms with Crippen molar-refractivity contribution in [2.75, 3.05) is 5.32 Å². The Kier molecular flexibility index (Phi) is 4.44. The predicted molar refractivity (Wildman–Crippen MR) is 92.7 cm³/mol. The summed E-state index contributed by atoms with van der Waals surface area (Å²) in [5.74, 6) is -0.314.